The third kappa shape index (κ3) is 4.45. The van der Waals surface area contributed by atoms with Gasteiger partial charge in [0.1, 0.15) is 18.8 Å². The van der Waals surface area contributed by atoms with E-state index in [9.17, 15) is 19.8 Å². The summed E-state index contributed by atoms with van der Waals surface area (Å²) in [5.74, 6) is 0.329. The second-order valence-electron chi connectivity index (χ2n) is 17.7. The maximum Gasteiger partial charge on any atom is 0.410 e. The first kappa shape index (κ1) is 33.5. The van der Waals surface area contributed by atoms with Crippen molar-refractivity contribution in [1.82, 2.24) is 4.90 Å². The van der Waals surface area contributed by atoms with Gasteiger partial charge < -0.3 is 34.4 Å². The fourth-order valence-electron chi connectivity index (χ4n) is 13.1. The third-order valence-corrected chi connectivity index (χ3v) is 15.1. The van der Waals surface area contributed by atoms with Crippen molar-refractivity contribution in [2.45, 2.75) is 143 Å². The summed E-state index contributed by atoms with van der Waals surface area (Å²) >= 11 is 0. The van der Waals surface area contributed by atoms with Crippen molar-refractivity contribution in [2.75, 3.05) is 20.2 Å². The summed E-state index contributed by atoms with van der Waals surface area (Å²) in [6.07, 6.45) is 5.68. The molecule has 0 radical (unpaired) electrons. The predicted molar refractivity (Wildman–Crippen MR) is 168 cm³/mol. The molecule has 3 N–H and O–H groups in total. The first-order chi connectivity index (χ1) is 20.8. The highest BCUT2D eigenvalue weighted by Gasteiger charge is 2.84. The minimum Gasteiger partial charge on any atom is -0.480 e. The zero-order valence-corrected chi connectivity index (χ0v) is 29.1. The van der Waals surface area contributed by atoms with Crippen molar-refractivity contribution in [3.63, 3.8) is 0 Å². The van der Waals surface area contributed by atoms with Crippen LogP contribution in [0.15, 0.2) is 0 Å². The fraction of sp³-hybridized carbons (Fsp3) is 0.944. The summed E-state index contributed by atoms with van der Waals surface area (Å²) in [6.45, 7) is 17.3. The van der Waals surface area contributed by atoms with Crippen LogP contribution in [-0.4, -0.2) is 88.6 Å². The molecule has 5 aliphatic carbocycles. The van der Waals surface area contributed by atoms with Crippen molar-refractivity contribution in [2.24, 2.45) is 50.7 Å². The summed E-state index contributed by atoms with van der Waals surface area (Å²) in [5.41, 5.74) is -1.27. The Morgan fingerprint density at radius 3 is 2.31 bits per heavy atom. The molecule has 5 saturated carbocycles. The van der Waals surface area contributed by atoms with Gasteiger partial charge in [-0.05, 0) is 112 Å². The number of amides is 1. The van der Waals surface area contributed by atoms with Gasteiger partial charge in [0.05, 0.1) is 23.9 Å². The summed E-state index contributed by atoms with van der Waals surface area (Å²) in [6, 6.07) is 0. The van der Waals surface area contributed by atoms with Crippen molar-refractivity contribution in [3.8, 4) is 0 Å². The third-order valence-electron chi connectivity index (χ3n) is 15.1. The first-order valence-corrected chi connectivity index (χ1v) is 17.6. The van der Waals surface area contributed by atoms with E-state index in [1.807, 2.05) is 6.92 Å². The van der Waals surface area contributed by atoms with Crippen LogP contribution in [0.25, 0.3) is 0 Å². The van der Waals surface area contributed by atoms with Crippen molar-refractivity contribution >= 4 is 12.1 Å². The van der Waals surface area contributed by atoms with E-state index in [1.165, 1.54) is 19.9 Å². The number of aliphatic carboxylic acids is 1. The minimum absolute atomic E-state index is 0.0547. The first-order valence-electron chi connectivity index (χ1n) is 17.6. The molecule has 9 heteroatoms. The Morgan fingerprint density at radius 1 is 1.04 bits per heavy atom. The van der Waals surface area contributed by atoms with E-state index >= 15 is 0 Å². The lowest BCUT2D eigenvalue weighted by Crippen LogP contribution is -2.60. The predicted octanol–water partition coefficient (Wildman–Crippen LogP) is 5.50. The van der Waals surface area contributed by atoms with Gasteiger partial charge in [0.2, 0.25) is 0 Å². The van der Waals surface area contributed by atoms with Gasteiger partial charge in [0.25, 0.3) is 0 Å². The van der Waals surface area contributed by atoms with E-state index in [-0.39, 0.29) is 57.8 Å². The van der Waals surface area contributed by atoms with Gasteiger partial charge in [-0.15, -0.1) is 0 Å². The van der Waals surface area contributed by atoms with E-state index < -0.39 is 29.9 Å². The summed E-state index contributed by atoms with van der Waals surface area (Å²) in [4.78, 5) is 25.2. The van der Waals surface area contributed by atoms with Crippen molar-refractivity contribution < 1.29 is 39.1 Å². The molecular weight excluding hydrogens is 574 g/mol. The second kappa shape index (κ2) is 10.5. The Morgan fingerprint density at radius 2 is 1.69 bits per heavy atom. The maximum absolute atomic E-state index is 12.8. The van der Waals surface area contributed by atoms with Gasteiger partial charge in [0, 0.05) is 24.5 Å². The smallest absolute Gasteiger partial charge is 0.410 e. The zero-order chi connectivity index (χ0) is 33.1. The number of carbonyl (C=O) groups excluding carboxylic acids is 1. The van der Waals surface area contributed by atoms with Crippen molar-refractivity contribution in [3.05, 3.63) is 0 Å². The molecule has 256 valence electrons. The van der Waals surface area contributed by atoms with Gasteiger partial charge >= 0.3 is 12.1 Å². The quantitative estimate of drug-likeness (QED) is 0.336. The van der Waals surface area contributed by atoms with E-state index in [1.54, 1.807) is 13.8 Å². The minimum atomic E-state index is -1.05. The molecule has 0 aromatic carbocycles. The number of aliphatic hydroxyl groups is 2. The number of hydrogen-bond acceptors (Lipinski definition) is 7. The van der Waals surface area contributed by atoms with Crippen LogP contribution in [0.1, 0.15) is 107 Å². The molecule has 6 fully saturated rings. The number of fused-ring (bicyclic) bond motifs is 4. The number of hydrogen-bond donors (Lipinski definition) is 3. The average Bonchev–Trinajstić information content (AvgIpc) is 3.56. The molecule has 1 saturated heterocycles. The Balaban J connectivity index is 1.26. The molecule has 9 nitrogen and oxygen atoms in total. The normalized spacial score (nSPS) is 48.5. The molecule has 1 aliphatic heterocycles. The molecule has 3 unspecified atom stereocenters. The molecule has 0 aromatic heterocycles. The van der Waals surface area contributed by atoms with Gasteiger partial charge in [-0.3, -0.25) is 4.79 Å². The summed E-state index contributed by atoms with van der Waals surface area (Å²) in [7, 11) is 1.48. The fourth-order valence-corrected chi connectivity index (χ4v) is 13.1. The SMILES string of the molecule is CCO[C@@H](C1C[C@@H](C)[C@H]2C(O1)[C@H](O)[C@@]1(C)C3CC[C@H]4C(C)(C)[C@@H](OC(=O)N(C)CC(=O)O)CC[C@@]45C[C@@]35CC[C@]21C)C(C)(C)O. The lowest BCUT2D eigenvalue weighted by molar-refractivity contribution is -0.215. The molecule has 6 rings (SSSR count). The standard InChI is InChI=1S/C36H59NO8/c1-10-43-29(32(5,6)42)21-17-20(2)26-27(44-21)28(40)34(8)23-12-11-22-31(3,4)24(45-30(41)37(9)18-25(38)39)13-14-35(22)19-36(23,35)16-15-33(26,34)7/h20-24,26-29,40,42H,10-19H2,1-9H3,(H,38,39)/t20-,21?,22+,23?,24+,26+,27?,28+,29+,33-,34-,35-,36+/m1/s1. The van der Waals surface area contributed by atoms with Crippen molar-refractivity contribution in [1.29, 1.82) is 0 Å². The van der Waals surface area contributed by atoms with Gasteiger partial charge in [-0.1, -0.05) is 34.6 Å². The van der Waals surface area contributed by atoms with E-state index in [4.69, 9.17) is 19.3 Å². The number of rotatable bonds is 7. The highest BCUT2D eigenvalue weighted by atomic mass is 16.6. The van der Waals surface area contributed by atoms with E-state index in [2.05, 4.69) is 34.6 Å². The van der Waals surface area contributed by atoms with E-state index in [0.29, 0.717) is 24.4 Å². The van der Waals surface area contributed by atoms with Gasteiger partial charge in [0.15, 0.2) is 0 Å². The largest absolute Gasteiger partial charge is 0.480 e. The lowest BCUT2D eigenvalue weighted by Gasteiger charge is -2.63. The number of nitrogens with zero attached hydrogens (tertiary/aromatic N) is 1. The number of carboxylic acid groups (broad SMARTS) is 1. The molecule has 45 heavy (non-hydrogen) atoms. The van der Waals surface area contributed by atoms with Crippen LogP contribution in [0.2, 0.25) is 0 Å². The Labute approximate surface area is 269 Å². The highest BCUT2D eigenvalue weighted by molar-refractivity contribution is 5.76. The topological polar surface area (TPSA) is 126 Å². The number of aliphatic hydroxyl groups excluding tert-OH is 1. The molecule has 0 aromatic rings. The zero-order valence-electron chi connectivity index (χ0n) is 29.1. The summed E-state index contributed by atoms with van der Waals surface area (Å²) in [5, 5.41) is 32.6. The monoisotopic (exact) mass is 633 g/mol. The molecule has 2 spiro atoms. The van der Waals surface area contributed by atoms with Crippen LogP contribution in [0, 0.1) is 50.7 Å². The molecule has 1 heterocycles. The Kier molecular flexibility index (Phi) is 7.84. The van der Waals surface area contributed by atoms with Crippen LogP contribution in [-0.2, 0) is 19.0 Å². The Bertz CT molecular complexity index is 1200. The number of likely N-dealkylation sites (N-methyl/N-ethyl adjacent to an activating group) is 1. The average molecular weight is 634 g/mol. The van der Waals surface area contributed by atoms with Crippen LogP contribution in [0.5, 0.6) is 0 Å². The maximum atomic E-state index is 12.8. The number of ether oxygens (including phenoxy) is 3. The van der Waals surface area contributed by atoms with Crippen LogP contribution in [0.3, 0.4) is 0 Å². The molecular formula is C36H59NO8. The summed E-state index contributed by atoms with van der Waals surface area (Å²) < 4.78 is 19.0. The molecule has 6 aliphatic rings. The number of carboxylic acids is 1. The highest BCUT2D eigenvalue weighted by Crippen LogP contribution is 2.89. The molecule has 13 atom stereocenters. The van der Waals surface area contributed by atoms with E-state index in [0.717, 1.165) is 43.4 Å². The van der Waals surface area contributed by atoms with Crippen LogP contribution >= 0.6 is 0 Å². The van der Waals surface area contributed by atoms with Crippen LogP contribution < -0.4 is 0 Å². The van der Waals surface area contributed by atoms with Gasteiger partial charge in [-0.2, -0.15) is 0 Å². The van der Waals surface area contributed by atoms with Gasteiger partial charge in [-0.25, -0.2) is 4.79 Å². The number of carbonyl (C=O) groups is 2. The molecule has 0 bridgehead atoms. The lowest BCUT2D eigenvalue weighted by atomic mass is 9.41. The Hall–Kier alpha value is -1.42. The van der Waals surface area contributed by atoms with Crippen LogP contribution in [0.4, 0.5) is 4.79 Å². The molecule has 1 amide bonds. The second-order valence-corrected chi connectivity index (χ2v) is 17.7.